The van der Waals surface area contributed by atoms with E-state index >= 15 is 0 Å². The van der Waals surface area contributed by atoms with Crippen LogP contribution in [0.4, 0.5) is 0 Å². The third-order valence-electron chi connectivity index (χ3n) is 3.60. The molecule has 0 amide bonds. The zero-order valence-electron chi connectivity index (χ0n) is 8.81. The van der Waals surface area contributed by atoms with Crippen molar-refractivity contribution in [1.29, 1.82) is 0 Å². The zero-order chi connectivity index (χ0) is 11.4. The van der Waals surface area contributed by atoms with Gasteiger partial charge in [-0.2, -0.15) is 0 Å². The van der Waals surface area contributed by atoms with Crippen molar-refractivity contribution < 1.29 is 8.42 Å². The molecular formula is C12H13NO2S. The van der Waals surface area contributed by atoms with E-state index in [1.54, 1.807) is 12.1 Å². The summed E-state index contributed by atoms with van der Waals surface area (Å²) in [7, 11) is -3.17. The smallest absolute Gasteiger partial charge is 0.200 e. The fourth-order valence-electron chi connectivity index (χ4n) is 2.27. The molecule has 0 unspecified atom stereocenters. The first-order valence-corrected chi connectivity index (χ1v) is 6.90. The summed E-state index contributed by atoms with van der Waals surface area (Å²) in [6.07, 6.45) is 3.89. The van der Waals surface area contributed by atoms with Gasteiger partial charge in [-0.3, -0.25) is 0 Å². The molecule has 1 aliphatic heterocycles. The maximum absolute atomic E-state index is 11.6. The van der Waals surface area contributed by atoms with Crippen LogP contribution < -0.4 is 5.73 Å². The normalized spacial score (nSPS) is 23.1. The highest BCUT2D eigenvalue weighted by atomic mass is 32.2. The van der Waals surface area contributed by atoms with Gasteiger partial charge in [-0.15, -0.1) is 0 Å². The lowest BCUT2D eigenvalue weighted by Gasteiger charge is -2.13. The third kappa shape index (κ3) is 1.26. The summed E-state index contributed by atoms with van der Waals surface area (Å²) in [6, 6.07) is 5.58. The first-order valence-electron chi connectivity index (χ1n) is 5.35. The van der Waals surface area contributed by atoms with E-state index < -0.39 is 9.84 Å². The van der Waals surface area contributed by atoms with Gasteiger partial charge in [0.25, 0.3) is 0 Å². The number of benzene rings is 1. The molecule has 0 radical (unpaired) electrons. The molecule has 3 rings (SSSR count). The van der Waals surface area contributed by atoms with Crippen LogP contribution in [0.25, 0.3) is 6.08 Å². The molecule has 0 saturated heterocycles. The average Bonchev–Trinajstić information content (AvgIpc) is 3.01. The van der Waals surface area contributed by atoms with Crippen LogP contribution in [0, 0.1) is 0 Å². The quantitative estimate of drug-likeness (QED) is 0.843. The second-order valence-corrected chi connectivity index (χ2v) is 6.39. The second kappa shape index (κ2) is 2.96. The summed E-state index contributed by atoms with van der Waals surface area (Å²) in [5.41, 5.74) is 7.86. The maximum atomic E-state index is 11.6. The van der Waals surface area contributed by atoms with Crippen molar-refractivity contribution in [2.24, 2.45) is 5.73 Å². The lowest BCUT2D eigenvalue weighted by atomic mass is 9.94. The molecule has 1 aliphatic carbocycles. The van der Waals surface area contributed by atoms with Crippen LogP contribution in [0.3, 0.4) is 0 Å². The molecule has 2 aliphatic rings. The number of nitrogens with two attached hydrogens (primary N) is 1. The zero-order valence-corrected chi connectivity index (χ0v) is 9.63. The highest BCUT2D eigenvalue weighted by Crippen LogP contribution is 2.48. The molecular weight excluding hydrogens is 222 g/mol. The molecule has 0 aromatic heterocycles. The van der Waals surface area contributed by atoms with E-state index in [1.807, 2.05) is 12.1 Å². The van der Waals surface area contributed by atoms with Gasteiger partial charge in [0, 0.05) is 17.4 Å². The topological polar surface area (TPSA) is 60.2 Å². The molecule has 4 heteroatoms. The molecule has 0 bridgehead atoms. The molecule has 1 aromatic rings. The standard InChI is InChI=1S/C12H13NO2S/c13-8-12(4-5-12)10-1-2-11-9(7-10)3-6-16(11,14)15/h1-3,6-7H,4-5,8,13H2. The van der Waals surface area contributed by atoms with Crippen LogP contribution in [0.15, 0.2) is 28.5 Å². The van der Waals surface area contributed by atoms with E-state index in [0.29, 0.717) is 11.4 Å². The summed E-state index contributed by atoms with van der Waals surface area (Å²) >= 11 is 0. The van der Waals surface area contributed by atoms with Crippen LogP contribution in [-0.2, 0) is 15.3 Å². The fourth-order valence-corrected chi connectivity index (χ4v) is 3.45. The van der Waals surface area contributed by atoms with Crippen molar-refractivity contribution in [3.05, 3.63) is 34.7 Å². The monoisotopic (exact) mass is 235 g/mol. The van der Waals surface area contributed by atoms with Gasteiger partial charge in [-0.1, -0.05) is 6.07 Å². The average molecular weight is 235 g/mol. The fraction of sp³-hybridized carbons (Fsp3) is 0.333. The van der Waals surface area contributed by atoms with E-state index in [4.69, 9.17) is 5.73 Å². The van der Waals surface area contributed by atoms with Crippen molar-refractivity contribution in [1.82, 2.24) is 0 Å². The number of hydrogen-bond acceptors (Lipinski definition) is 3. The Bertz CT molecular complexity index is 583. The van der Waals surface area contributed by atoms with E-state index in [1.165, 1.54) is 11.0 Å². The van der Waals surface area contributed by atoms with Gasteiger partial charge in [-0.05, 0) is 42.2 Å². The van der Waals surface area contributed by atoms with Crippen LogP contribution in [0.1, 0.15) is 24.0 Å². The van der Waals surface area contributed by atoms with Crippen molar-refractivity contribution in [3.63, 3.8) is 0 Å². The van der Waals surface area contributed by atoms with Gasteiger partial charge in [0.1, 0.15) is 0 Å². The maximum Gasteiger partial charge on any atom is 0.200 e. The van der Waals surface area contributed by atoms with Crippen molar-refractivity contribution >= 4 is 15.9 Å². The Morgan fingerprint density at radius 1 is 1.31 bits per heavy atom. The molecule has 3 nitrogen and oxygen atoms in total. The van der Waals surface area contributed by atoms with E-state index in [-0.39, 0.29) is 5.41 Å². The Kier molecular flexibility index (Phi) is 1.86. The molecule has 84 valence electrons. The molecule has 1 fully saturated rings. The van der Waals surface area contributed by atoms with Gasteiger partial charge in [0.2, 0.25) is 0 Å². The van der Waals surface area contributed by atoms with E-state index in [0.717, 1.165) is 18.4 Å². The second-order valence-electron chi connectivity index (χ2n) is 4.58. The lowest BCUT2D eigenvalue weighted by molar-refractivity contribution is 0.605. The van der Waals surface area contributed by atoms with Crippen LogP contribution >= 0.6 is 0 Å². The molecule has 0 spiro atoms. The van der Waals surface area contributed by atoms with Gasteiger partial charge in [0.15, 0.2) is 9.84 Å². The third-order valence-corrected chi connectivity index (χ3v) is 5.08. The highest BCUT2D eigenvalue weighted by molar-refractivity contribution is 7.94. The van der Waals surface area contributed by atoms with Gasteiger partial charge in [0.05, 0.1) is 4.90 Å². The molecule has 1 saturated carbocycles. The van der Waals surface area contributed by atoms with Crippen molar-refractivity contribution in [2.75, 3.05) is 6.54 Å². The summed E-state index contributed by atoms with van der Waals surface area (Å²) in [5.74, 6) is 0. The van der Waals surface area contributed by atoms with Gasteiger partial charge < -0.3 is 5.73 Å². The van der Waals surface area contributed by atoms with Crippen molar-refractivity contribution in [2.45, 2.75) is 23.2 Å². The Morgan fingerprint density at radius 2 is 2.06 bits per heavy atom. The molecule has 0 atom stereocenters. The molecule has 16 heavy (non-hydrogen) atoms. The molecule has 1 aromatic carbocycles. The summed E-state index contributed by atoms with van der Waals surface area (Å²) in [5, 5.41) is 1.27. The highest BCUT2D eigenvalue weighted by Gasteiger charge is 2.43. The summed E-state index contributed by atoms with van der Waals surface area (Å²) in [4.78, 5) is 0.420. The van der Waals surface area contributed by atoms with Crippen LogP contribution in [0.5, 0.6) is 0 Å². The SMILES string of the molecule is NCC1(c2ccc3c(c2)C=CS3(=O)=O)CC1. The van der Waals surface area contributed by atoms with E-state index in [9.17, 15) is 8.42 Å². The molecule has 2 N–H and O–H groups in total. The van der Waals surface area contributed by atoms with Crippen LogP contribution in [0.2, 0.25) is 0 Å². The predicted molar refractivity (Wildman–Crippen MR) is 62.6 cm³/mol. The van der Waals surface area contributed by atoms with Gasteiger partial charge >= 0.3 is 0 Å². The number of fused-ring (bicyclic) bond motifs is 1. The first-order chi connectivity index (χ1) is 7.57. The minimum absolute atomic E-state index is 0.120. The Hall–Kier alpha value is -1.13. The Morgan fingerprint density at radius 3 is 2.69 bits per heavy atom. The summed E-state index contributed by atoms with van der Waals surface area (Å²) < 4.78 is 23.2. The lowest BCUT2D eigenvalue weighted by Crippen LogP contribution is -2.19. The van der Waals surface area contributed by atoms with E-state index in [2.05, 4.69) is 0 Å². The van der Waals surface area contributed by atoms with Gasteiger partial charge in [-0.25, -0.2) is 8.42 Å². The summed E-state index contributed by atoms with van der Waals surface area (Å²) in [6.45, 7) is 0.641. The molecule has 1 heterocycles. The van der Waals surface area contributed by atoms with Crippen LogP contribution in [-0.4, -0.2) is 15.0 Å². The number of hydrogen-bond donors (Lipinski definition) is 1. The number of sulfone groups is 1. The minimum Gasteiger partial charge on any atom is -0.330 e. The first kappa shape index (κ1) is 10.1. The Labute approximate surface area is 94.9 Å². The minimum atomic E-state index is -3.17. The van der Waals surface area contributed by atoms with Crippen molar-refractivity contribution in [3.8, 4) is 0 Å². The number of rotatable bonds is 2. The largest absolute Gasteiger partial charge is 0.330 e. The Balaban J connectivity index is 2.12. The predicted octanol–water partition coefficient (Wildman–Crippen LogP) is 1.43.